The lowest BCUT2D eigenvalue weighted by molar-refractivity contribution is 0.0602. The SMILES string of the molecule is COC(=O)c1ccc2ccccc2c1-c1c(O)ccc2ccccc12. The summed E-state index contributed by atoms with van der Waals surface area (Å²) in [6, 6.07) is 22.8. The predicted octanol–water partition coefficient (Wildman–Crippen LogP) is 5.15. The van der Waals surface area contributed by atoms with Crippen LogP contribution in [0.3, 0.4) is 0 Å². The standard InChI is InChI=1S/C22H16O3/c1-25-22(24)18-12-10-14-6-2-4-8-16(14)20(18)21-17-9-5-3-7-15(17)11-13-19(21)23/h2-13,23H,1H3. The second-order valence-electron chi connectivity index (χ2n) is 5.88. The number of hydrogen-bond donors (Lipinski definition) is 1. The van der Waals surface area contributed by atoms with E-state index in [9.17, 15) is 9.90 Å². The number of methoxy groups -OCH3 is 1. The third-order valence-electron chi connectivity index (χ3n) is 4.49. The van der Waals surface area contributed by atoms with Crippen LogP contribution in [0.1, 0.15) is 10.4 Å². The van der Waals surface area contributed by atoms with Gasteiger partial charge in [-0.25, -0.2) is 4.79 Å². The first kappa shape index (κ1) is 15.2. The summed E-state index contributed by atoms with van der Waals surface area (Å²) in [6.07, 6.45) is 0. The number of carbonyl (C=O) groups is 1. The molecule has 0 aromatic heterocycles. The number of ether oxygens (including phenoxy) is 1. The fraction of sp³-hybridized carbons (Fsp3) is 0.0455. The Morgan fingerprint density at radius 2 is 1.32 bits per heavy atom. The smallest absolute Gasteiger partial charge is 0.338 e. The number of phenols is 1. The Bertz CT molecular complexity index is 1110. The van der Waals surface area contributed by atoms with Gasteiger partial charge in [-0.2, -0.15) is 0 Å². The first-order valence-corrected chi connectivity index (χ1v) is 8.02. The molecule has 3 nitrogen and oxygen atoms in total. The molecule has 4 aromatic carbocycles. The summed E-state index contributed by atoms with van der Waals surface area (Å²) >= 11 is 0. The van der Waals surface area contributed by atoms with Gasteiger partial charge in [-0.3, -0.25) is 0 Å². The van der Waals surface area contributed by atoms with E-state index in [2.05, 4.69) is 0 Å². The van der Waals surface area contributed by atoms with Crippen molar-refractivity contribution < 1.29 is 14.6 Å². The van der Waals surface area contributed by atoms with Gasteiger partial charge in [0, 0.05) is 11.1 Å². The number of benzene rings is 4. The number of carbonyl (C=O) groups excluding carboxylic acids is 1. The summed E-state index contributed by atoms with van der Waals surface area (Å²) < 4.78 is 4.98. The van der Waals surface area contributed by atoms with Crippen LogP contribution in [0.4, 0.5) is 0 Å². The van der Waals surface area contributed by atoms with E-state index in [-0.39, 0.29) is 5.75 Å². The lowest BCUT2D eigenvalue weighted by atomic mass is 9.89. The molecule has 0 spiro atoms. The van der Waals surface area contributed by atoms with E-state index in [1.54, 1.807) is 12.1 Å². The minimum atomic E-state index is -0.423. The third-order valence-corrected chi connectivity index (χ3v) is 4.49. The number of fused-ring (bicyclic) bond motifs is 2. The van der Waals surface area contributed by atoms with Crippen LogP contribution in [0.5, 0.6) is 5.75 Å². The van der Waals surface area contributed by atoms with Crippen LogP contribution in [0.15, 0.2) is 72.8 Å². The van der Waals surface area contributed by atoms with E-state index in [1.165, 1.54) is 7.11 Å². The summed E-state index contributed by atoms with van der Waals surface area (Å²) in [4.78, 5) is 12.4. The highest BCUT2D eigenvalue weighted by Crippen LogP contribution is 2.42. The van der Waals surface area contributed by atoms with E-state index in [0.717, 1.165) is 21.5 Å². The van der Waals surface area contributed by atoms with Gasteiger partial charge in [0.15, 0.2) is 0 Å². The Labute approximate surface area is 145 Å². The normalized spacial score (nSPS) is 10.9. The van der Waals surface area contributed by atoms with Gasteiger partial charge in [-0.1, -0.05) is 60.7 Å². The van der Waals surface area contributed by atoms with Crippen molar-refractivity contribution >= 4 is 27.5 Å². The Balaban J connectivity index is 2.21. The first-order chi connectivity index (χ1) is 12.2. The van der Waals surface area contributed by atoms with Crippen molar-refractivity contribution in [3.05, 3.63) is 78.4 Å². The number of esters is 1. The molecule has 3 heteroatoms. The van der Waals surface area contributed by atoms with Crippen molar-refractivity contribution in [1.82, 2.24) is 0 Å². The number of aromatic hydroxyl groups is 1. The summed E-state index contributed by atoms with van der Waals surface area (Å²) in [5.41, 5.74) is 1.78. The van der Waals surface area contributed by atoms with Crippen LogP contribution in [0.25, 0.3) is 32.7 Å². The summed E-state index contributed by atoms with van der Waals surface area (Å²) in [5.74, 6) is -0.284. The van der Waals surface area contributed by atoms with Crippen molar-refractivity contribution in [3.8, 4) is 16.9 Å². The molecule has 25 heavy (non-hydrogen) atoms. The van der Waals surface area contributed by atoms with E-state index < -0.39 is 5.97 Å². The molecule has 0 atom stereocenters. The first-order valence-electron chi connectivity index (χ1n) is 8.02. The van der Waals surface area contributed by atoms with Crippen LogP contribution in [-0.2, 0) is 4.74 Å². The quantitative estimate of drug-likeness (QED) is 0.517. The minimum Gasteiger partial charge on any atom is -0.507 e. The maximum Gasteiger partial charge on any atom is 0.338 e. The second kappa shape index (κ2) is 5.95. The lowest BCUT2D eigenvalue weighted by Gasteiger charge is -2.15. The Morgan fingerprint density at radius 3 is 1.96 bits per heavy atom. The molecule has 0 aliphatic heterocycles. The van der Waals surface area contributed by atoms with Crippen molar-refractivity contribution in [2.45, 2.75) is 0 Å². The van der Waals surface area contributed by atoms with Gasteiger partial charge < -0.3 is 9.84 Å². The molecule has 0 aliphatic rings. The zero-order valence-electron chi connectivity index (χ0n) is 13.7. The average molecular weight is 328 g/mol. The molecular formula is C22H16O3. The van der Waals surface area contributed by atoms with E-state index >= 15 is 0 Å². The number of phenolic OH excluding ortho intramolecular Hbond substituents is 1. The summed E-state index contributed by atoms with van der Waals surface area (Å²) in [5, 5.41) is 14.4. The van der Waals surface area contributed by atoms with E-state index in [0.29, 0.717) is 16.7 Å². The monoisotopic (exact) mass is 328 g/mol. The fourth-order valence-electron chi connectivity index (χ4n) is 3.34. The molecule has 0 aliphatic carbocycles. The van der Waals surface area contributed by atoms with Gasteiger partial charge >= 0.3 is 5.97 Å². The molecule has 0 saturated carbocycles. The summed E-state index contributed by atoms with van der Waals surface area (Å²) in [6.45, 7) is 0. The van der Waals surface area contributed by atoms with Gasteiger partial charge in [0.2, 0.25) is 0 Å². The van der Waals surface area contributed by atoms with E-state index in [1.807, 2.05) is 60.7 Å². The van der Waals surface area contributed by atoms with Crippen molar-refractivity contribution in [2.75, 3.05) is 7.11 Å². The second-order valence-corrected chi connectivity index (χ2v) is 5.88. The Morgan fingerprint density at radius 1 is 0.760 bits per heavy atom. The zero-order valence-corrected chi connectivity index (χ0v) is 13.7. The molecule has 0 fully saturated rings. The zero-order chi connectivity index (χ0) is 17.4. The van der Waals surface area contributed by atoms with Crippen LogP contribution in [0.2, 0.25) is 0 Å². The van der Waals surface area contributed by atoms with Gasteiger partial charge in [0.05, 0.1) is 12.7 Å². The van der Waals surface area contributed by atoms with Crippen molar-refractivity contribution in [2.24, 2.45) is 0 Å². The van der Waals surface area contributed by atoms with Crippen molar-refractivity contribution in [1.29, 1.82) is 0 Å². The van der Waals surface area contributed by atoms with Crippen LogP contribution in [-0.4, -0.2) is 18.2 Å². The minimum absolute atomic E-state index is 0.139. The molecule has 0 amide bonds. The highest BCUT2D eigenvalue weighted by molar-refractivity contribution is 6.14. The Kier molecular flexibility index (Phi) is 3.62. The van der Waals surface area contributed by atoms with E-state index in [4.69, 9.17) is 4.74 Å². The maximum atomic E-state index is 12.4. The third kappa shape index (κ3) is 2.41. The lowest BCUT2D eigenvalue weighted by Crippen LogP contribution is -2.04. The molecule has 0 bridgehead atoms. The van der Waals surface area contributed by atoms with Gasteiger partial charge in [0.25, 0.3) is 0 Å². The average Bonchev–Trinajstić information content (AvgIpc) is 2.67. The van der Waals surface area contributed by atoms with Gasteiger partial charge in [0.1, 0.15) is 5.75 Å². The highest BCUT2D eigenvalue weighted by atomic mass is 16.5. The van der Waals surface area contributed by atoms with Crippen LogP contribution >= 0.6 is 0 Å². The molecule has 0 heterocycles. The Hall–Kier alpha value is -3.33. The summed E-state index contributed by atoms with van der Waals surface area (Å²) in [7, 11) is 1.37. The number of hydrogen-bond acceptors (Lipinski definition) is 3. The molecule has 122 valence electrons. The van der Waals surface area contributed by atoms with Crippen molar-refractivity contribution in [3.63, 3.8) is 0 Å². The molecular weight excluding hydrogens is 312 g/mol. The molecule has 4 rings (SSSR count). The van der Waals surface area contributed by atoms with Crippen LogP contribution < -0.4 is 0 Å². The molecule has 0 saturated heterocycles. The van der Waals surface area contributed by atoms with Gasteiger partial charge in [-0.15, -0.1) is 0 Å². The molecule has 4 aromatic rings. The largest absolute Gasteiger partial charge is 0.507 e. The highest BCUT2D eigenvalue weighted by Gasteiger charge is 2.20. The fourth-order valence-corrected chi connectivity index (χ4v) is 3.34. The molecule has 0 unspecified atom stereocenters. The predicted molar refractivity (Wildman–Crippen MR) is 99.9 cm³/mol. The van der Waals surface area contributed by atoms with Crippen LogP contribution in [0, 0.1) is 0 Å². The molecule has 0 radical (unpaired) electrons. The molecule has 1 N–H and O–H groups in total. The maximum absolute atomic E-state index is 12.4. The number of rotatable bonds is 2. The van der Waals surface area contributed by atoms with Gasteiger partial charge in [-0.05, 0) is 33.7 Å². The topological polar surface area (TPSA) is 46.5 Å².